The van der Waals surface area contributed by atoms with Gasteiger partial charge < -0.3 is 14.2 Å². The van der Waals surface area contributed by atoms with Crippen molar-refractivity contribution in [1.82, 2.24) is 0 Å². The number of nitrogens with one attached hydrogen (secondary N) is 1. The fourth-order valence-electron chi connectivity index (χ4n) is 3.55. The summed E-state index contributed by atoms with van der Waals surface area (Å²) in [4.78, 5) is 12.1. The van der Waals surface area contributed by atoms with E-state index in [1.165, 1.54) is 0 Å². The van der Waals surface area contributed by atoms with Gasteiger partial charge in [-0.05, 0) is 52.5 Å². The third kappa shape index (κ3) is 5.23. The maximum absolute atomic E-state index is 12.8. The number of halogens is 3. The Morgan fingerprint density at radius 1 is 1.14 bits per heavy atom. The van der Waals surface area contributed by atoms with Crippen molar-refractivity contribution in [3.8, 4) is 11.5 Å². The lowest BCUT2D eigenvalue weighted by Gasteiger charge is -2.30. The van der Waals surface area contributed by atoms with Gasteiger partial charge in [0.1, 0.15) is 17.1 Å². The summed E-state index contributed by atoms with van der Waals surface area (Å²) in [6, 6.07) is 3.47. The van der Waals surface area contributed by atoms with E-state index in [0.717, 1.165) is 5.56 Å². The van der Waals surface area contributed by atoms with Crippen molar-refractivity contribution in [2.24, 2.45) is 5.92 Å². The zero-order chi connectivity index (χ0) is 20.5. The van der Waals surface area contributed by atoms with Crippen LogP contribution < -0.4 is 14.8 Å². The SMILES string of the molecule is CC(C)(C)OC(=O)Nc1cc(O[C@H]2CC[C@@H](C(F)(F)F)CC2)cc2c1OCC2. The Morgan fingerprint density at radius 2 is 1.82 bits per heavy atom. The number of anilines is 1. The number of alkyl halides is 3. The minimum Gasteiger partial charge on any atom is -0.491 e. The molecule has 1 heterocycles. The first-order valence-electron chi connectivity index (χ1n) is 9.54. The molecule has 1 N–H and O–H groups in total. The molecule has 28 heavy (non-hydrogen) atoms. The molecule has 1 amide bonds. The van der Waals surface area contributed by atoms with E-state index in [-0.39, 0.29) is 18.9 Å². The van der Waals surface area contributed by atoms with Gasteiger partial charge in [0.25, 0.3) is 0 Å². The average molecular weight is 401 g/mol. The van der Waals surface area contributed by atoms with Crippen LogP contribution in [0, 0.1) is 5.92 Å². The number of fused-ring (bicyclic) bond motifs is 1. The van der Waals surface area contributed by atoms with Crippen LogP contribution in [0.5, 0.6) is 11.5 Å². The van der Waals surface area contributed by atoms with Gasteiger partial charge >= 0.3 is 12.3 Å². The van der Waals surface area contributed by atoms with Gasteiger partial charge in [-0.25, -0.2) is 4.79 Å². The highest BCUT2D eigenvalue weighted by Crippen LogP contribution is 2.41. The van der Waals surface area contributed by atoms with Crippen LogP contribution in [-0.2, 0) is 11.2 Å². The molecule has 1 aromatic carbocycles. The van der Waals surface area contributed by atoms with E-state index in [1.807, 2.05) is 6.07 Å². The summed E-state index contributed by atoms with van der Waals surface area (Å²) < 4.78 is 55.3. The van der Waals surface area contributed by atoms with Crippen LogP contribution in [0.3, 0.4) is 0 Å². The minimum atomic E-state index is -4.14. The molecule has 1 saturated carbocycles. The number of hydrogen-bond donors (Lipinski definition) is 1. The summed E-state index contributed by atoms with van der Waals surface area (Å²) in [5.74, 6) is -0.144. The molecule has 0 atom stereocenters. The Kier molecular flexibility index (Phi) is 5.68. The predicted molar refractivity (Wildman–Crippen MR) is 97.9 cm³/mol. The molecule has 3 rings (SSSR count). The lowest BCUT2D eigenvalue weighted by Crippen LogP contribution is -2.31. The van der Waals surface area contributed by atoms with Gasteiger partial charge in [-0.3, -0.25) is 5.32 Å². The van der Waals surface area contributed by atoms with Crippen molar-refractivity contribution in [3.05, 3.63) is 17.7 Å². The van der Waals surface area contributed by atoms with Gasteiger partial charge in [-0.1, -0.05) is 0 Å². The molecular weight excluding hydrogens is 375 g/mol. The number of ether oxygens (including phenoxy) is 3. The number of amides is 1. The number of benzene rings is 1. The molecule has 5 nitrogen and oxygen atoms in total. The van der Waals surface area contributed by atoms with E-state index in [2.05, 4.69) is 5.32 Å². The normalized spacial score (nSPS) is 22.2. The molecule has 0 bridgehead atoms. The highest BCUT2D eigenvalue weighted by molar-refractivity contribution is 5.88. The molecule has 1 aliphatic heterocycles. The first-order chi connectivity index (χ1) is 13.0. The monoisotopic (exact) mass is 401 g/mol. The number of rotatable bonds is 3. The van der Waals surface area contributed by atoms with E-state index in [4.69, 9.17) is 14.2 Å². The molecule has 0 radical (unpaired) electrons. The molecule has 2 aliphatic rings. The molecule has 0 spiro atoms. The highest BCUT2D eigenvalue weighted by Gasteiger charge is 2.41. The topological polar surface area (TPSA) is 56.8 Å². The standard InChI is InChI=1S/C20H26F3NO4/c1-19(2,3)28-18(25)24-16-11-15(10-12-8-9-26-17(12)16)27-14-6-4-13(5-7-14)20(21,22)23/h10-11,13-14H,4-9H2,1-3H3,(H,24,25)/t13-,14+. The quantitative estimate of drug-likeness (QED) is 0.730. The van der Waals surface area contributed by atoms with Crippen molar-refractivity contribution in [2.45, 2.75) is 70.8 Å². The van der Waals surface area contributed by atoms with Crippen LogP contribution >= 0.6 is 0 Å². The van der Waals surface area contributed by atoms with Gasteiger partial charge in [0.15, 0.2) is 0 Å². The predicted octanol–water partition coefficient (Wildman–Crippen LogP) is 5.47. The number of carbonyl (C=O) groups excluding carboxylic acids is 1. The number of hydrogen-bond acceptors (Lipinski definition) is 4. The zero-order valence-electron chi connectivity index (χ0n) is 16.3. The molecule has 1 aliphatic carbocycles. The molecule has 0 unspecified atom stereocenters. The van der Waals surface area contributed by atoms with Crippen LogP contribution in [0.2, 0.25) is 0 Å². The summed E-state index contributed by atoms with van der Waals surface area (Å²) >= 11 is 0. The Hall–Kier alpha value is -2.12. The van der Waals surface area contributed by atoms with E-state index < -0.39 is 23.8 Å². The van der Waals surface area contributed by atoms with Crippen LogP contribution in [0.15, 0.2) is 12.1 Å². The Labute approximate surface area is 162 Å². The number of carbonyl (C=O) groups is 1. The van der Waals surface area contributed by atoms with Gasteiger partial charge in [0, 0.05) is 18.1 Å². The average Bonchev–Trinajstić information content (AvgIpc) is 3.01. The molecule has 1 fully saturated rings. The van der Waals surface area contributed by atoms with E-state index in [1.54, 1.807) is 26.8 Å². The van der Waals surface area contributed by atoms with Crippen molar-refractivity contribution < 1.29 is 32.2 Å². The second-order valence-corrected chi connectivity index (χ2v) is 8.32. The van der Waals surface area contributed by atoms with Gasteiger partial charge in [0.2, 0.25) is 0 Å². The molecule has 156 valence electrons. The fourth-order valence-corrected chi connectivity index (χ4v) is 3.55. The van der Waals surface area contributed by atoms with Crippen molar-refractivity contribution in [2.75, 3.05) is 11.9 Å². The third-order valence-corrected chi connectivity index (χ3v) is 4.83. The summed E-state index contributed by atoms with van der Waals surface area (Å²) in [5, 5.41) is 2.69. The van der Waals surface area contributed by atoms with Gasteiger partial charge in [-0.15, -0.1) is 0 Å². The molecular formula is C20H26F3NO4. The summed E-state index contributed by atoms with van der Waals surface area (Å²) in [6.45, 7) is 5.80. The van der Waals surface area contributed by atoms with Gasteiger partial charge in [0.05, 0.1) is 24.3 Å². The van der Waals surface area contributed by atoms with Crippen molar-refractivity contribution >= 4 is 11.8 Å². The Bertz CT molecular complexity index is 719. The van der Waals surface area contributed by atoms with Crippen LogP contribution in [0.25, 0.3) is 0 Å². The first-order valence-corrected chi connectivity index (χ1v) is 9.54. The molecule has 0 aromatic heterocycles. The molecule has 1 aromatic rings. The summed E-state index contributed by atoms with van der Waals surface area (Å²) in [7, 11) is 0. The maximum Gasteiger partial charge on any atom is 0.412 e. The first kappa shape index (κ1) is 20.6. The second-order valence-electron chi connectivity index (χ2n) is 8.32. The van der Waals surface area contributed by atoms with E-state index in [0.29, 0.717) is 43.1 Å². The Morgan fingerprint density at radius 3 is 2.43 bits per heavy atom. The molecule has 8 heteroatoms. The van der Waals surface area contributed by atoms with E-state index in [9.17, 15) is 18.0 Å². The summed E-state index contributed by atoms with van der Waals surface area (Å²) in [6.07, 6.45) is -3.48. The highest BCUT2D eigenvalue weighted by atomic mass is 19.4. The smallest absolute Gasteiger partial charge is 0.412 e. The van der Waals surface area contributed by atoms with Crippen LogP contribution in [0.1, 0.15) is 52.0 Å². The second kappa shape index (κ2) is 7.72. The Balaban J connectivity index is 1.69. The fraction of sp³-hybridized carbons (Fsp3) is 0.650. The van der Waals surface area contributed by atoms with Crippen molar-refractivity contribution in [3.63, 3.8) is 0 Å². The van der Waals surface area contributed by atoms with Crippen LogP contribution in [0.4, 0.5) is 23.7 Å². The maximum atomic E-state index is 12.8. The lowest BCUT2D eigenvalue weighted by atomic mass is 9.87. The van der Waals surface area contributed by atoms with Gasteiger partial charge in [-0.2, -0.15) is 13.2 Å². The molecule has 0 saturated heterocycles. The largest absolute Gasteiger partial charge is 0.491 e. The zero-order valence-corrected chi connectivity index (χ0v) is 16.3. The minimum absolute atomic E-state index is 0.0746. The lowest BCUT2D eigenvalue weighted by molar-refractivity contribution is -0.185. The van der Waals surface area contributed by atoms with E-state index >= 15 is 0 Å². The summed E-state index contributed by atoms with van der Waals surface area (Å²) in [5.41, 5.74) is 0.704. The van der Waals surface area contributed by atoms with Crippen LogP contribution in [-0.4, -0.2) is 30.6 Å². The van der Waals surface area contributed by atoms with Crippen molar-refractivity contribution in [1.29, 1.82) is 0 Å². The third-order valence-electron chi connectivity index (χ3n) is 4.83.